The molecule has 1 aliphatic heterocycles. The van der Waals surface area contributed by atoms with Gasteiger partial charge in [-0.1, -0.05) is 11.8 Å². The summed E-state index contributed by atoms with van der Waals surface area (Å²) in [5.74, 6) is -1.56. The number of hydrogen-bond acceptors (Lipinski definition) is 3. The molecule has 1 saturated heterocycles. The van der Waals surface area contributed by atoms with Crippen LogP contribution in [0.4, 0.5) is 8.78 Å². The lowest BCUT2D eigenvalue weighted by molar-refractivity contribution is 0.0705. The SMILES string of the molecule is Cl.O=C(c1ccc(SC(F)F)cc1)N1CCC(NCC2CC2)CC1. The highest BCUT2D eigenvalue weighted by Crippen LogP contribution is 2.28. The Morgan fingerprint density at radius 1 is 1.17 bits per heavy atom. The zero-order valence-corrected chi connectivity index (χ0v) is 15.1. The fourth-order valence-electron chi connectivity index (χ4n) is 2.90. The van der Waals surface area contributed by atoms with Crippen molar-refractivity contribution < 1.29 is 13.6 Å². The topological polar surface area (TPSA) is 32.3 Å². The van der Waals surface area contributed by atoms with Crippen molar-refractivity contribution >= 4 is 30.1 Å². The van der Waals surface area contributed by atoms with Gasteiger partial charge in [0, 0.05) is 29.6 Å². The summed E-state index contributed by atoms with van der Waals surface area (Å²) < 4.78 is 24.6. The maximum absolute atomic E-state index is 12.5. The summed E-state index contributed by atoms with van der Waals surface area (Å²) in [6.45, 7) is 2.63. The molecule has 1 heterocycles. The minimum Gasteiger partial charge on any atom is -0.339 e. The third-order valence-electron chi connectivity index (χ3n) is 4.50. The highest BCUT2D eigenvalue weighted by molar-refractivity contribution is 7.99. The summed E-state index contributed by atoms with van der Waals surface area (Å²) in [6, 6.07) is 6.99. The monoisotopic (exact) mass is 376 g/mol. The molecule has 0 atom stereocenters. The van der Waals surface area contributed by atoms with Gasteiger partial charge in [0.2, 0.25) is 0 Å². The van der Waals surface area contributed by atoms with Crippen LogP contribution in [0.25, 0.3) is 0 Å². The fourth-order valence-corrected chi connectivity index (χ4v) is 3.40. The van der Waals surface area contributed by atoms with Crippen LogP contribution in [0.2, 0.25) is 0 Å². The first-order valence-electron chi connectivity index (χ1n) is 8.19. The molecule has 3 rings (SSSR count). The first kappa shape index (κ1) is 19.5. The normalized spacial score (nSPS) is 18.5. The molecular weight excluding hydrogens is 354 g/mol. The Kier molecular flexibility index (Phi) is 7.32. The number of nitrogens with one attached hydrogen (secondary N) is 1. The van der Waals surface area contributed by atoms with Crippen molar-refractivity contribution in [3.63, 3.8) is 0 Å². The fraction of sp³-hybridized carbons (Fsp3) is 0.588. The maximum atomic E-state index is 12.5. The minimum atomic E-state index is -2.43. The smallest absolute Gasteiger partial charge is 0.288 e. The van der Waals surface area contributed by atoms with Crippen LogP contribution in [-0.4, -0.2) is 42.2 Å². The largest absolute Gasteiger partial charge is 0.339 e. The van der Waals surface area contributed by atoms with Crippen LogP contribution in [0.3, 0.4) is 0 Å². The van der Waals surface area contributed by atoms with E-state index in [-0.39, 0.29) is 18.3 Å². The summed E-state index contributed by atoms with van der Waals surface area (Å²) in [7, 11) is 0. The Morgan fingerprint density at radius 3 is 2.33 bits per heavy atom. The molecule has 2 fully saturated rings. The van der Waals surface area contributed by atoms with Crippen molar-refractivity contribution in [2.45, 2.75) is 42.4 Å². The van der Waals surface area contributed by atoms with Crippen LogP contribution in [0.15, 0.2) is 29.2 Å². The molecule has 1 amide bonds. The van der Waals surface area contributed by atoms with Crippen LogP contribution < -0.4 is 5.32 Å². The van der Waals surface area contributed by atoms with Gasteiger partial charge in [-0.05, 0) is 62.4 Å². The van der Waals surface area contributed by atoms with Gasteiger partial charge in [0.05, 0.1) is 0 Å². The zero-order chi connectivity index (χ0) is 16.2. The quantitative estimate of drug-likeness (QED) is 0.761. The van der Waals surface area contributed by atoms with Crippen molar-refractivity contribution in [1.82, 2.24) is 10.2 Å². The molecule has 3 nitrogen and oxygen atoms in total. The van der Waals surface area contributed by atoms with Crippen LogP contribution in [-0.2, 0) is 0 Å². The molecular formula is C17H23ClF2N2OS. The highest BCUT2D eigenvalue weighted by Gasteiger charge is 2.26. The van der Waals surface area contributed by atoms with Gasteiger partial charge in [-0.15, -0.1) is 12.4 Å². The number of rotatable bonds is 6. The molecule has 1 aromatic rings. The van der Waals surface area contributed by atoms with E-state index in [0.29, 0.717) is 28.3 Å². The Hall–Kier alpha value is -0.850. The molecule has 7 heteroatoms. The van der Waals surface area contributed by atoms with Crippen LogP contribution in [0, 0.1) is 5.92 Å². The molecule has 1 aliphatic carbocycles. The van der Waals surface area contributed by atoms with E-state index in [1.807, 2.05) is 4.90 Å². The first-order chi connectivity index (χ1) is 11.1. The van der Waals surface area contributed by atoms with Crippen LogP contribution in [0.1, 0.15) is 36.0 Å². The van der Waals surface area contributed by atoms with E-state index in [4.69, 9.17) is 0 Å². The van der Waals surface area contributed by atoms with Crippen molar-refractivity contribution in [3.8, 4) is 0 Å². The van der Waals surface area contributed by atoms with Gasteiger partial charge in [-0.3, -0.25) is 4.79 Å². The third-order valence-corrected chi connectivity index (χ3v) is 5.22. The Labute approximate surface area is 152 Å². The molecule has 0 unspecified atom stereocenters. The second-order valence-corrected chi connectivity index (χ2v) is 7.38. The molecule has 0 aromatic heterocycles. The predicted octanol–water partition coefficient (Wildman–Crippen LogP) is 4.03. The number of piperidine rings is 1. The number of thioether (sulfide) groups is 1. The molecule has 134 valence electrons. The van der Waals surface area contributed by atoms with Gasteiger partial charge in [0.25, 0.3) is 11.7 Å². The predicted molar refractivity (Wildman–Crippen MR) is 95.2 cm³/mol. The second kappa shape index (κ2) is 9.02. The summed E-state index contributed by atoms with van der Waals surface area (Å²) >= 11 is 0.501. The van der Waals surface area contributed by atoms with Crippen molar-refractivity contribution in [3.05, 3.63) is 29.8 Å². The molecule has 1 saturated carbocycles. The first-order valence-corrected chi connectivity index (χ1v) is 9.07. The third kappa shape index (κ3) is 5.60. The van der Waals surface area contributed by atoms with Crippen LogP contribution in [0.5, 0.6) is 0 Å². The number of likely N-dealkylation sites (tertiary alicyclic amines) is 1. The number of hydrogen-bond donors (Lipinski definition) is 1. The lowest BCUT2D eigenvalue weighted by atomic mass is 10.0. The van der Waals surface area contributed by atoms with Gasteiger partial charge >= 0.3 is 0 Å². The molecule has 1 aromatic carbocycles. The lowest BCUT2D eigenvalue weighted by Gasteiger charge is -2.32. The summed E-state index contributed by atoms with van der Waals surface area (Å²) in [5.41, 5.74) is 0.577. The van der Waals surface area contributed by atoms with Crippen molar-refractivity contribution in [2.75, 3.05) is 19.6 Å². The molecule has 24 heavy (non-hydrogen) atoms. The Balaban J connectivity index is 0.00000208. The van der Waals surface area contributed by atoms with Gasteiger partial charge < -0.3 is 10.2 Å². The van der Waals surface area contributed by atoms with E-state index in [2.05, 4.69) is 5.32 Å². The number of carbonyl (C=O) groups is 1. The van der Waals surface area contributed by atoms with E-state index < -0.39 is 5.76 Å². The van der Waals surface area contributed by atoms with Gasteiger partial charge in [-0.25, -0.2) is 0 Å². The van der Waals surface area contributed by atoms with Crippen molar-refractivity contribution in [2.24, 2.45) is 5.92 Å². The van der Waals surface area contributed by atoms with E-state index in [0.717, 1.165) is 38.4 Å². The molecule has 1 N–H and O–H groups in total. The molecule has 2 aliphatic rings. The average Bonchev–Trinajstić information content (AvgIpc) is 3.37. The van der Waals surface area contributed by atoms with Gasteiger partial charge in [-0.2, -0.15) is 8.78 Å². The highest BCUT2D eigenvalue weighted by atomic mass is 35.5. The summed E-state index contributed by atoms with van der Waals surface area (Å²) in [4.78, 5) is 14.8. The number of carbonyl (C=O) groups excluding carboxylic acids is 1. The number of nitrogens with zero attached hydrogens (tertiary/aromatic N) is 1. The summed E-state index contributed by atoms with van der Waals surface area (Å²) in [5, 5.41) is 3.60. The van der Waals surface area contributed by atoms with Crippen LogP contribution >= 0.6 is 24.2 Å². The number of benzene rings is 1. The minimum absolute atomic E-state index is 0. The van der Waals surface area contributed by atoms with Gasteiger partial charge in [0.15, 0.2) is 0 Å². The standard InChI is InChI=1S/C17H22F2N2OS.ClH/c18-17(19)23-15-5-3-13(4-6-15)16(22)21-9-7-14(8-10-21)20-11-12-1-2-12;/h3-6,12,14,17,20H,1-2,7-11H2;1H. The Morgan fingerprint density at radius 2 is 1.79 bits per heavy atom. The number of alkyl halides is 2. The van der Waals surface area contributed by atoms with E-state index >= 15 is 0 Å². The Bertz CT molecular complexity index is 532. The average molecular weight is 377 g/mol. The maximum Gasteiger partial charge on any atom is 0.288 e. The summed E-state index contributed by atoms with van der Waals surface area (Å²) in [6.07, 6.45) is 4.67. The van der Waals surface area contributed by atoms with E-state index in [1.54, 1.807) is 24.3 Å². The van der Waals surface area contributed by atoms with E-state index in [1.165, 1.54) is 12.8 Å². The number of amides is 1. The van der Waals surface area contributed by atoms with Gasteiger partial charge in [0.1, 0.15) is 0 Å². The molecule has 0 bridgehead atoms. The molecule has 0 radical (unpaired) electrons. The van der Waals surface area contributed by atoms with E-state index in [9.17, 15) is 13.6 Å². The zero-order valence-electron chi connectivity index (χ0n) is 13.4. The molecule has 0 spiro atoms. The van der Waals surface area contributed by atoms with Crippen molar-refractivity contribution in [1.29, 1.82) is 0 Å². The second-order valence-electron chi connectivity index (χ2n) is 6.32. The number of halogens is 3. The lowest BCUT2D eigenvalue weighted by Crippen LogP contribution is -2.45.